The minimum absolute atomic E-state index is 0. The normalized spacial score (nSPS) is 1.60. The molecular formula is C2H7O2P. The smallest absolute Gasteiger partial charge is 0.106 e. The van der Waals surface area contributed by atoms with E-state index in [9.17, 15) is 0 Å². The molecule has 0 aromatic rings. The molecule has 0 radical (unpaired) electrons. The second kappa shape index (κ2) is 547. The van der Waals surface area contributed by atoms with Gasteiger partial charge in [-0.1, -0.05) is 0 Å². The summed E-state index contributed by atoms with van der Waals surface area (Å²) in [6, 6.07) is 0. The zero-order valence-corrected chi connectivity index (χ0v) is 4.35. The molecule has 5 heavy (non-hydrogen) atoms. The first kappa shape index (κ1) is 21.6. The van der Waals surface area contributed by atoms with Crippen LogP contribution in [0.15, 0.2) is 0 Å². The Hall–Kier alpha value is -0.230. The second-order valence-corrected chi connectivity index (χ2v) is 0. The van der Waals surface area contributed by atoms with E-state index in [2.05, 4.69) is 0 Å². The van der Waals surface area contributed by atoms with Crippen LogP contribution in [0.3, 0.4) is 0 Å². The van der Waals surface area contributed by atoms with Crippen molar-refractivity contribution in [3.05, 3.63) is 0 Å². The lowest BCUT2D eigenvalue weighted by atomic mass is 11.9. The first-order chi connectivity index (χ1) is 2.00. The molecule has 0 aliphatic heterocycles. The van der Waals surface area contributed by atoms with E-state index in [0.717, 1.165) is 0 Å². The van der Waals surface area contributed by atoms with E-state index in [1.807, 2.05) is 13.6 Å². The second-order valence-electron chi connectivity index (χ2n) is 0. The van der Waals surface area contributed by atoms with Gasteiger partial charge in [-0.05, 0) is 0 Å². The van der Waals surface area contributed by atoms with Gasteiger partial charge in [0.25, 0.3) is 0 Å². The minimum Gasteiger partial charge on any atom is -0.307 e. The minimum atomic E-state index is 0. The number of hydrogen-bond donors (Lipinski definition) is 0. The molecule has 1 unspecified atom stereocenters. The first-order valence-electron chi connectivity index (χ1n) is 0.577. The molecule has 32 valence electrons. The third-order valence-corrected chi connectivity index (χ3v) is 0. The zero-order valence-electron chi connectivity index (χ0n) is 2.94. The van der Waals surface area contributed by atoms with Gasteiger partial charge in [0.1, 0.15) is 13.6 Å². The summed E-state index contributed by atoms with van der Waals surface area (Å²) in [5.74, 6) is 0. The molecule has 0 saturated heterocycles. The summed E-state index contributed by atoms with van der Waals surface area (Å²) in [5, 5.41) is 0. The van der Waals surface area contributed by atoms with Crippen LogP contribution >= 0.6 is 9.90 Å². The molecule has 0 aromatic carbocycles. The Bertz CT molecular complexity index is 9.61. The third kappa shape index (κ3) is 223. The highest BCUT2D eigenvalue weighted by molar-refractivity contribution is 6.92. The van der Waals surface area contributed by atoms with E-state index in [-0.39, 0.29) is 9.90 Å². The fourth-order valence-corrected chi connectivity index (χ4v) is 0. The van der Waals surface area contributed by atoms with E-state index in [1.54, 1.807) is 0 Å². The quantitative estimate of drug-likeness (QED) is 0.386. The van der Waals surface area contributed by atoms with Crippen molar-refractivity contribution in [2.45, 2.75) is 0 Å². The molecule has 0 rings (SSSR count). The van der Waals surface area contributed by atoms with Crippen LogP contribution in [0.5, 0.6) is 0 Å². The van der Waals surface area contributed by atoms with Crippen molar-refractivity contribution in [1.82, 2.24) is 0 Å². The maximum atomic E-state index is 8.00. The highest BCUT2D eigenvalue weighted by Gasteiger charge is 0.638. The van der Waals surface area contributed by atoms with Gasteiger partial charge in [0.05, 0.1) is 0 Å². The summed E-state index contributed by atoms with van der Waals surface area (Å²) in [5.41, 5.74) is 0. The summed E-state index contributed by atoms with van der Waals surface area (Å²) >= 11 is 0. The predicted octanol–water partition coefficient (Wildman–Crippen LogP) is -0.312. The highest BCUT2D eigenvalue weighted by atomic mass is 31.0. The van der Waals surface area contributed by atoms with Crippen LogP contribution in [0.2, 0.25) is 0 Å². The van der Waals surface area contributed by atoms with Crippen LogP contribution in [-0.4, -0.2) is 13.6 Å². The van der Waals surface area contributed by atoms with Crippen molar-refractivity contribution in [2.75, 3.05) is 0 Å². The molecule has 2 nitrogen and oxygen atoms in total. The van der Waals surface area contributed by atoms with Gasteiger partial charge in [-0.2, -0.15) is 9.90 Å². The molecule has 0 aliphatic carbocycles. The monoisotopic (exact) mass is 94.0 g/mol. The molecule has 0 heterocycles. The maximum Gasteiger partial charge on any atom is 0.106 e. The van der Waals surface area contributed by atoms with Gasteiger partial charge in [0.15, 0.2) is 0 Å². The van der Waals surface area contributed by atoms with Crippen LogP contribution in [0.1, 0.15) is 0 Å². The predicted molar refractivity (Wildman–Crippen MR) is 25.3 cm³/mol. The third-order valence-electron chi connectivity index (χ3n) is 0. The molecule has 0 spiro atoms. The Morgan fingerprint density at radius 2 is 0.800 bits per heavy atom. The van der Waals surface area contributed by atoms with E-state index < -0.39 is 0 Å². The molecule has 1 atom stereocenters. The highest BCUT2D eigenvalue weighted by Crippen LogP contribution is 0.861. The number of carbonyl (C=O) groups is 2. The van der Waals surface area contributed by atoms with Crippen LogP contribution in [0.25, 0.3) is 0 Å². The summed E-state index contributed by atoms with van der Waals surface area (Å²) in [6.45, 7) is 4.00. The molecule has 0 fully saturated rings. The van der Waals surface area contributed by atoms with Gasteiger partial charge in [0, 0.05) is 0 Å². The number of rotatable bonds is 0. The molecule has 0 saturated carbocycles. The van der Waals surface area contributed by atoms with Gasteiger partial charge >= 0.3 is 0 Å². The average Bonchev–Trinajstić information content (AvgIpc) is 1.50. The lowest BCUT2D eigenvalue weighted by Crippen LogP contribution is -0.925. The lowest BCUT2D eigenvalue weighted by Gasteiger charge is -0.837. The van der Waals surface area contributed by atoms with E-state index in [0.29, 0.717) is 0 Å². The Kier molecular flexibility index (Phi) is 2370. The van der Waals surface area contributed by atoms with Gasteiger partial charge in [-0.3, -0.25) is 0 Å². The molecular weight excluding hydrogens is 87.0 g/mol. The van der Waals surface area contributed by atoms with Crippen molar-refractivity contribution >= 4 is 23.5 Å². The van der Waals surface area contributed by atoms with Crippen LogP contribution in [0.4, 0.5) is 0 Å². The largest absolute Gasteiger partial charge is 0.307 e. The van der Waals surface area contributed by atoms with Crippen molar-refractivity contribution in [1.29, 1.82) is 0 Å². The van der Waals surface area contributed by atoms with Crippen molar-refractivity contribution < 1.29 is 9.59 Å². The maximum absolute atomic E-state index is 8.00. The Morgan fingerprint density at radius 1 is 0.800 bits per heavy atom. The lowest BCUT2D eigenvalue weighted by molar-refractivity contribution is -0.0987. The molecule has 0 bridgehead atoms. The van der Waals surface area contributed by atoms with E-state index >= 15 is 0 Å². The van der Waals surface area contributed by atoms with Crippen molar-refractivity contribution in [2.24, 2.45) is 0 Å². The van der Waals surface area contributed by atoms with E-state index in [4.69, 9.17) is 9.59 Å². The average molecular weight is 94.0 g/mol. The van der Waals surface area contributed by atoms with Crippen LogP contribution < -0.4 is 0 Å². The molecule has 3 heteroatoms. The Morgan fingerprint density at radius 3 is 0.800 bits per heavy atom. The SMILES string of the molecule is C=O.C=O.P. The van der Waals surface area contributed by atoms with Crippen molar-refractivity contribution in [3.8, 4) is 0 Å². The Labute approximate surface area is 34.2 Å². The van der Waals surface area contributed by atoms with Gasteiger partial charge in [0.2, 0.25) is 0 Å². The van der Waals surface area contributed by atoms with E-state index in [1.165, 1.54) is 0 Å². The standard InChI is InChI=1S/2CH2O.H3P/c2*1-2;/h2*1H2;1H3. The van der Waals surface area contributed by atoms with Crippen molar-refractivity contribution in [3.63, 3.8) is 0 Å². The topological polar surface area (TPSA) is 34.1 Å². The van der Waals surface area contributed by atoms with Gasteiger partial charge < -0.3 is 9.59 Å². The fraction of sp³-hybridized carbons (Fsp3) is 0. The van der Waals surface area contributed by atoms with Crippen LogP contribution in [0, 0.1) is 0 Å². The zero-order chi connectivity index (χ0) is 4.00. The van der Waals surface area contributed by atoms with Gasteiger partial charge in [-0.15, -0.1) is 0 Å². The Balaban J connectivity index is -0.0000000133. The number of hydrogen-bond acceptors (Lipinski definition) is 2. The molecule has 0 N–H and O–H groups in total. The summed E-state index contributed by atoms with van der Waals surface area (Å²) in [7, 11) is 0. The summed E-state index contributed by atoms with van der Waals surface area (Å²) < 4.78 is 0. The molecule has 0 amide bonds. The first-order valence-corrected chi connectivity index (χ1v) is 0.577. The molecule has 0 aromatic heterocycles. The molecule has 0 aliphatic rings. The summed E-state index contributed by atoms with van der Waals surface area (Å²) in [4.78, 5) is 16.0. The fourth-order valence-electron chi connectivity index (χ4n) is 0. The van der Waals surface area contributed by atoms with Gasteiger partial charge in [-0.25, -0.2) is 0 Å². The number of carbonyl (C=O) groups excluding carboxylic acids is 2. The van der Waals surface area contributed by atoms with Crippen LogP contribution in [-0.2, 0) is 9.59 Å². The summed E-state index contributed by atoms with van der Waals surface area (Å²) in [6.07, 6.45) is 0.